The van der Waals surface area contributed by atoms with E-state index in [9.17, 15) is 0 Å². The average Bonchev–Trinajstić information content (AvgIpc) is 3.08. The van der Waals surface area contributed by atoms with E-state index in [-0.39, 0.29) is 11.6 Å². The summed E-state index contributed by atoms with van der Waals surface area (Å²) in [5.41, 5.74) is -0.628. The van der Waals surface area contributed by atoms with Gasteiger partial charge in [-0.2, -0.15) is 10.2 Å². The van der Waals surface area contributed by atoms with Gasteiger partial charge in [-0.1, -0.05) is 0 Å². The molecule has 0 aromatic rings. The molecule has 0 amide bonds. The number of nitrogens with one attached hydrogen (secondary N) is 1. The van der Waals surface area contributed by atoms with E-state index in [0.717, 1.165) is 12.8 Å². The largest absolute Gasteiger partial charge is 0.336 e. The second kappa shape index (κ2) is 5.71. The van der Waals surface area contributed by atoms with Crippen LogP contribution in [0.4, 0.5) is 0 Å². The fourth-order valence-corrected chi connectivity index (χ4v) is 2.04. The number of nitrogens with two attached hydrogens (primary N) is 1. The number of hydrogen-bond acceptors (Lipinski definition) is 4. The highest BCUT2D eigenvalue weighted by molar-refractivity contribution is 7.80. The van der Waals surface area contributed by atoms with Crippen molar-refractivity contribution in [3.8, 4) is 0 Å². The minimum atomic E-state index is -0.448. The second-order valence-corrected chi connectivity index (χ2v) is 7.11. The quantitative estimate of drug-likeness (QED) is 0.361. The number of hydrazine groups is 1. The molecule has 1 fully saturated rings. The topological polar surface area (TPSA) is 66.0 Å². The summed E-state index contributed by atoms with van der Waals surface area (Å²) < 4.78 is 0. The van der Waals surface area contributed by atoms with E-state index in [4.69, 9.17) is 18.1 Å². The first kappa shape index (κ1) is 16.3. The lowest BCUT2D eigenvalue weighted by Crippen LogP contribution is -2.55. The molecule has 6 heteroatoms. The van der Waals surface area contributed by atoms with Crippen LogP contribution in [-0.2, 0) is 0 Å². The number of thiocarbonyl (C=S) groups is 1. The molecule has 5 nitrogen and oxygen atoms in total. The standard InChI is InChI=1S/C13H27N5S/c1-9(2)18(14)11(19)15-13(6,10-7-8-10)17-16-12(3,4)5/h9-10H,7-8,14H2,1-6H3,(H,15,19). The normalized spacial score (nSPS) is 19.6. The van der Waals surface area contributed by atoms with Crippen LogP contribution in [0, 0.1) is 5.92 Å². The maximum atomic E-state index is 5.93. The van der Waals surface area contributed by atoms with Crippen molar-refractivity contribution in [2.24, 2.45) is 22.0 Å². The van der Waals surface area contributed by atoms with Crippen molar-refractivity contribution in [3.05, 3.63) is 0 Å². The Bertz CT molecular complexity index is 357. The van der Waals surface area contributed by atoms with Crippen molar-refractivity contribution in [1.29, 1.82) is 0 Å². The van der Waals surface area contributed by atoms with Gasteiger partial charge in [-0.3, -0.25) is 5.01 Å². The van der Waals surface area contributed by atoms with Crippen LogP contribution in [0.1, 0.15) is 54.4 Å². The summed E-state index contributed by atoms with van der Waals surface area (Å²) in [5.74, 6) is 6.41. The Morgan fingerprint density at radius 2 is 1.79 bits per heavy atom. The first-order valence-electron chi connectivity index (χ1n) is 6.85. The van der Waals surface area contributed by atoms with Gasteiger partial charge in [0.1, 0.15) is 0 Å². The lowest BCUT2D eigenvalue weighted by atomic mass is 10.1. The summed E-state index contributed by atoms with van der Waals surface area (Å²) >= 11 is 5.34. The Kier molecular flexibility index (Phi) is 4.90. The van der Waals surface area contributed by atoms with Crippen LogP contribution in [-0.4, -0.2) is 27.4 Å². The number of rotatable bonds is 4. The van der Waals surface area contributed by atoms with E-state index in [1.54, 1.807) is 5.01 Å². The van der Waals surface area contributed by atoms with Crippen molar-refractivity contribution in [1.82, 2.24) is 10.3 Å². The van der Waals surface area contributed by atoms with Crippen LogP contribution in [0.15, 0.2) is 10.2 Å². The van der Waals surface area contributed by atoms with Crippen LogP contribution in [0.3, 0.4) is 0 Å². The Morgan fingerprint density at radius 3 is 2.16 bits per heavy atom. The van der Waals surface area contributed by atoms with E-state index in [1.807, 2.05) is 41.5 Å². The molecule has 1 rings (SSSR count). The van der Waals surface area contributed by atoms with Gasteiger partial charge in [0.05, 0.1) is 5.54 Å². The predicted molar refractivity (Wildman–Crippen MR) is 82.6 cm³/mol. The van der Waals surface area contributed by atoms with Gasteiger partial charge in [-0.05, 0) is 66.6 Å². The molecule has 110 valence electrons. The third kappa shape index (κ3) is 5.03. The summed E-state index contributed by atoms with van der Waals surface area (Å²) in [5, 5.41) is 14.3. The highest BCUT2D eigenvalue weighted by Crippen LogP contribution is 2.41. The fraction of sp³-hybridized carbons (Fsp3) is 0.923. The summed E-state index contributed by atoms with van der Waals surface area (Å²) in [4.78, 5) is 0. The molecule has 0 aliphatic heterocycles. The van der Waals surface area contributed by atoms with E-state index in [1.165, 1.54) is 0 Å². The second-order valence-electron chi connectivity index (χ2n) is 6.72. The zero-order valence-corrected chi connectivity index (χ0v) is 13.7. The lowest BCUT2D eigenvalue weighted by Gasteiger charge is -2.32. The molecule has 0 radical (unpaired) electrons. The first-order chi connectivity index (χ1) is 8.55. The molecule has 1 aliphatic carbocycles. The summed E-state index contributed by atoms with van der Waals surface area (Å²) in [7, 11) is 0. The van der Waals surface area contributed by atoms with Crippen molar-refractivity contribution in [3.63, 3.8) is 0 Å². The highest BCUT2D eigenvalue weighted by Gasteiger charge is 2.43. The predicted octanol–water partition coefficient (Wildman–Crippen LogP) is 2.82. The smallest absolute Gasteiger partial charge is 0.185 e. The van der Waals surface area contributed by atoms with Crippen molar-refractivity contribution >= 4 is 17.3 Å². The molecular formula is C13H27N5S. The van der Waals surface area contributed by atoms with Gasteiger partial charge < -0.3 is 5.32 Å². The minimum absolute atomic E-state index is 0.156. The fourth-order valence-electron chi connectivity index (χ4n) is 1.62. The van der Waals surface area contributed by atoms with E-state index in [0.29, 0.717) is 11.0 Å². The van der Waals surface area contributed by atoms with Gasteiger partial charge in [0.2, 0.25) is 0 Å². The molecule has 1 unspecified atom stereocenters. The van der Waals surface area contributed by atoms with Crippen LogP contribution >= 0.6 is 12.2 Å². The summed E-state index contributed by atoms with van der Waals surface area (Å²) in [6, 6.07) is 0.156. The minimum Gasteiger partial charge on any atom is -0.336 e. The maximum Gasteiger partial charge on any atom is 0.185 e. The van der Waals surface area contributed by atoms with Gasteiger partial charge in [0, 0.05) is 12.0 Å². The number of azo groups is 1. The van der Waals surface area contributed by atoms with Crippen molar-refractivity contribution in [2.75, 3.05) is 0 Å². The molecule has 3 N–H and O–H groups in total. The molecule has 1 aliphatic rings. The van der Waals surface area contributed by atoms with Crippen molar-refractivity contribution < 1.29 is 0 Å². The summed E-state index contributed by atoms with van der Waals surface area (Å²) in [6.07, 6.45) is 2.31. The molecule has 0 bridgehead atoms. The van der Waals surface area contributed by atoms with Gasteiger partial charge in [-0.25, -0.2) is 5.84 Å². The zero-order chi connectivity index (χ0) is 14.8. The first-order valence-corrected chi connectivity index (χ1v) is 7.26. The lowest BCUT2D eigenvalue weighted by molar-refractivity contribution is 0.300. The Balaban J connectivity index is 2.78. The molecule has 1 atom stereocenters. The molecule has 0 aromatic heterocycles. The third-order valence-corrected chi connectivity index (χ3v) is 3.39. The average molecular weight is 285 g/mol. The SMILES string of the molecule is CC(C)N(N)C(=S)NC(C)(N=NC(C)(C)C)C1CC1. The third-order valence-electron chi connectivity index (χ3n) is 3.08. The van der Waals surface area contributed by atoms with Crippen LogP contribution in [0.5, 0.6) is 0 Å². The van der Waals surface area contributed by atoms with E-state index in [2.05, 4.69) is 15.5 Å². The Morgan fingerprint density at radius 1 is 1.26 bits per heavy atom. The Labute approximate surface area is 122 Å². The monoisotopic (exact) mass is 285 g/mol. The molecule has 0 saturated heterocycles. The van der Waals surface area contributed by atoms with E-state index < -0.39 is 5.66 Å². The molecule has 0 aromatic carbocycles. The van der Waals surface area contributed by atoms with Crippen LogP contribution < -0.4 is 11.2 Å². The van der Waals surface area contributed by atoms with Crippen LogP contribution in [0.2, 0.25) is 0 Å². The van der Waals surface area contributed by atoms with Gasteiger partial charge >= 0.3 is 0 Å². The number of nitrogens with zero attached hydrogens (tertiary/aromatic N) is 3. The van der Waals surface area contributed by atoms with Gasteiger partial charge in [0.25, 0.3) is 0 Å². The van der Waals surface area contributed by atoms with Gasteiger partial charge in [0.15, 0.2) is 10.8 Å². The molecular weight excluding hydrogens is 258 g/mol. The zero-order valence-electron chi connectivity index (χ0n) is 12.9. The highest BCUT2D eigenvalue weighted by atomic mass is 32.1. The maximum absolute atomic E-state index is 5.93. The van der Waals surface area contributed by atoms with E-state index >= 15 is 0 Å². The Hall–Kier alpha value is -0.750. The molecule has 0 spiro atoms. The van der Waals surface area contributed by atoms with Crippen molar-refractivity contribution in [2.45, 2.75) is 71.6 Å². The van der Waals surface area contributed by atoms with Crippen LogP contribution in [0.25, 0.3) is 0 Å². The molecule has 19 heavy (non-hydrogen) atoms. The summed E-state index contributed by atoms with van der Waals surface area (Å²) in [6.45, 7) is 12.1. The molecule has 0 heterocycles. The van der Waals surface area contributed by atoms with Gasteiger partial charge in [-0.15, -0.1) is 0 Å². The molecule has 1 saturated carbocycles. The number of hydrogen-bond donors (Lipinski definition) is 2.